The van der Waals surface area contributed by atoms with E-state index in [9.17, 15) is 0 Å². The van der Waals surface area contributed by atoms with Gasteiger partial charge in [-0.15, -0.1) is 0 Å². The summed E-state index contributed by atoms with van der Waals surface area (Å²) in [6.45, 7) is 12.9. The molecule has 4 aliphatic rings. The van der Waals surface area contributed by atoms with Crippen molar-refractivity contribution in [2.24, 2.45) is 52.3 Å². The third-order valence-electron chi connectivity index (χ3n) is 10.8. The second kappa shape index (κ2) is 8.63. The van der Waals surface area contributed by atoms with Gasteiger partial charge in [0.1, 0.15) is 0 Å². The van der Waals surface area contributed by atoms with Gasteiger partial charge in [0.15, 0.2) is 0 Å². The lowest BCUT2D eigenvalue weighted by Gasteiger charge is -2.61. The van der Waals surface area contributed by atoms with Crippen molar-refractivity contribution in [2.75, 3.05) is 0 Å². The summed E-state index contributed by atoms with van der Waals surface area (Å²) in [5.74, 6) is 7.15. The van der Waals surface area contributed by atoms with Crippen molar-refractivity contribution in [1.82, 2.24) is 0 Å². The highest BCUT2D eigenvalue weighted by Gasteiger charge is 2.59. The molecular weight excluding hydrogens is 336 g/mol. The van der Waals surface area contributed by atoms with Crippen molar-refractivity contribution in [3.8, 4) is 0 Å². The molecule has 8 atom stereocenters. The highest BCUT2D eigenvalue weighted by Crippen LogP contribution is 2.68. The van der Waals surface area contributed by atoms with E-state index in [0.29, 0.717) is 10.8 Å². The summed E-state index contributed by atoms with van der Waals surface area (Å²) in [5.41, 5.74) is 1.39. The predicted molar refractivity (Wildman–Crippen MR) is 124 cm³/mol. The Kier molecular flexibility index (Phi) is 6.99. The van der Waals surface area contributed by atoms with E-state index >= 15 is 0 Å². The van der Waals surface area contributed by atoms with Gasteiger partial charge in [0, 0.05) is 0 Å². The van der Waals surface area contributed by atoms with Crippen molar-refractivity contribution in [3.63, 3.8) is 0 Å². The van der Waals surface area contributed by atoms with Crippen molar-refractivity contribution in [1.29, 1.82) is 0 Å². The van der Waals surface area contributed by atoms with E-state index < -0.39 is 0 Å². The summed E-state index contributed by atoms with van der Waals surface area (Å²) >= 11 is 0. The normalized spacial score (nSPS) is 46.3. The Bertz CT molecular complexity index is 506. The molecule has 0 saturated heterocycles. The maximum absolute atomic E-state index is 2.75. The Hall–Kier alpha value is 0. The molecule has 28 heavy (non-hydrogen) atoms. The lowest BCUT2D eigenvalue weighted by molar-refractivity contribution is -0.114. The molecule has 0 bridgehead atoms. The van der Waals surface area contributed by atoms with Crippen molar-refractivity contribution in [3.05, 3.63) is 0 Å². The van der Waals surface area contributed by atoms with E-state index in [0.717, 1.165) is 41.4 Å². The summed E-state index contributed by atoms with van der Waals surface area (Å²) in [7, 11) is 0. The number of rotatable bonds is 5. The topological polar surface area (TPSA) is 0 Å². The van der Waals surface area contributed by atoms with Crippen LogP contribution in [0.4, 0.5) is 0 Å². The summed E-state index contributed by atoms with van der Waals surface area (Å²) in [4.78, 5) is 0. The quantitative estimate of drug-likeness (QED) is 0.440. The maximum atomic E-state index is 2.75. The SMILES string of the molecule is C.CC(C)CCC[C@@H](C)[C@H]1CC[C@H]2[C@@H]3CCC4CCCC[C@]4(C)[C@H]3CC[C@]12C. The molecule has 4 fully saturated rings. The fourth-order valence-corrected chi connectivity index (χ4v) is 9.32. The molecule has 0 aromatic rings. The van der Waals surface area contributed by atoms with Crippen molar-refractivity contribution >= 4 is 0 Å². The summed E-state index contributed by atoms with van der Waals surface area (Å²) in [6, 6.07) is 0. The summed E-state index contributed by atoms with van der Waals surface area (Å²) < 4.78 is 0. The zero-order valence-corrected chi connectivity index (χ0v) is 19.2. The lowest BCUT2D eigenvalue weighted by atomic mass is 9.44. The van der Waals surface area contributed by atoms with Crippen molar-refractivity contribution < 1.29 is 0 Å². The van der Waals surface area contributed by atoms with Gasteiger partial charge in [0.05, 0.1) is 0 Å². The zero-order valence-electron chi connectivity index (χ0n) is 19.2. The largest absolute Gasteiger partial charge is 0.0776 e. The molecule has 0 nitrogen and oxygen atoms in total. The lowest BCUT2D eigenvalue weighted by Crippen LogP contribution is -2.53. The molecule has 4 aliphatic carbocycles. The first kappa shape index (κ1) is 22.7. The molecule has 0 radical (unpaired) electrons. The highest BCUT2D eigenvalue weighted by atomic mass is 14.6. The minimum Gasteiger partial charge on any atom is -0.0776 e. The predicted octanol–water partition coefficient (Wildman–Crippen LogP) is 9.13. The minimum absolute atomic E-state index is 0. The minimum atomic E-state index is 0. The van der Waals surface area contributed by atoms with Crippen LogP contribution in [-0.2, 0) is 0 Å². The van der Waals surface area contributed by atoms with Crippen LogP contribution in [0.1, 0.15) is 126 Å². The monoisotopic (exact) mass is 388 g/mol. The van der Waals surface area contributed by atoms with E-state index in [-0.39, 0.29) is 7.43 Å². The van der Waals surface area contributed by atoms with Gasteiger partial charge in [-0.05, 0) is 104 Å². The van der Waals surface area contributed by atoms with Crippen LogP contribution in [0.2, 0.25) is 0 Å². The third-order valence-corrected chi connectivity index (χ3v) is 10.8. The van der Waals surface area contributed by atoms with Gasteiger partial charge < -0.3 is 0 Å². The average Bonchev–Trinajstić information content (AvgIpc) is 2.98. The van der Waals surface area contributed by atoms with E-state index in [2.05, 4.69) is 34.6 Å². The first-order valence-corrected chi connectivity index (χ1v) is 12.9. The van der Waals surface area contributed by atoms with Crippen LogP contribution in [0.5, 0.6) is 0 Å². The van der Waals surface area contributed by atoms with E-state index in [1.807, 2.05) is 0 Å². The summed E-state index contributed by atoms with van der Waals surface area (Å²) in [5, 5.41) is 0. The number of hydrogen-bond acceptors (Lipinski definition) is 0. The van der Waals surface area contributed by atoms with Crippen LogP contribution in [0.15, 0.2) is 0 Å². The molecule has 0 amide bonds. The second-order valence-electron chi connectivity index (χ2n) is 12.4. The fourth-order valence-electron chi connectivity index (χ4n) is 9.32. The molecule has 164 valence electrons. The molecule has 0 aromatic heterocycles. The van der Waals surface area contributed by atoms with Gasteiger partial charge in [-0.3, -0.25) is 0 Å². The number of fused-ring (bicyclic) bond motifs is 5. The summed E-state index contributed by atoms with van der Waals surface area (Å²) in [6.07, 6.45) is 19.9. The zero-order chi connectivity index (χ0) is 19.2. The third kappa shape index (κ3) is 3.73. The molecule has 4 saturated carbocycles. The second-order valence-corrected chi connectivity index (χ2v) is 12.4. The molecule has 0 N–H and O–H groups in total. The molecule has 0 spiro atoms. The van der Waals surface area contributed by atoms with Gasteiger partial charge in [-0.25, -0.2) is 0 Å². The highest BCUT2D eigenvalue weighted by molar-refractivity contribution is 5.09. The smallest absolute Gasteiger partial charge is 0.0264 e. The van der Waals surface area contributed by atoms with Crippen LogP contribution in [0.3, 0.4) is 0 Å². The van der Waals surface area contributed by atoms with Crippen LogP contribution in [0.25, 0.3) is 0 Å². The Labute approximate surface area is 178 Å². The van der Waals surface area contributed by atoms with Gasteiger partial charge >= 0.3 is 0 Å². The Morgan fingerprint density at radius 2 is 1.50 bits per heavy atom. The van der Waals surface area contributed by atoms with Gasteiger partial charge in [0.2, 0.25) is 0 Å². The first-order valence-electron chi connectivity index (χ1n) is 12.9. The van der Waals surface area contributed by atoms with Crippen LogP contribution in [0, 0.1) is 52.3 Å². The number of hydrogen-bond donors (Lipinski definition) is 0. The molecule has 0 heterocycles. The Morgan fingerprint density at radius 1 is 0.750 bits per heavy atom. The van der Waals surface area contributed by atoms with E-state index in [1.165, 1.54) is 32.1 Å². The van der Waals surface area contributed by atoms with Gasteiger partial charge in [-0.1, -0.05) is 74.1 Å². The maximum Gasteiger partial charge on any atom is -0.0264 e. The Morgan fingerprint density at radius 3 is 2.25 bits per heavy atom. The van der Waals surface area contributed by atoms with Crippen LogP contribution >= 0.6 is 0 Å². The molecule has 0 heteroatoms. The molecular formula is C28H52. The molecule has 4 rings (SSSR count). The average molecular weight is 389 g/mol. The standard InChI is InChI=1S/C27H48.CH4/c1-19(2)9-8-10-20(3)23-14-15-24-22-13-12-21-11-6-7-17-26(21,4)25(22)16-18-27(23,24)5;/h19-25H,6-18H2,1-5H3;1H4/t20-,21?,22+,23-,24+,25+,26+,27-;/m1./s1. The first-order chi connectivity index (χ1) is 12.9. The van der Waals surface area contributed by atoms with Gasteiger partial charge in [0.25, 0.3) is 0 Å². The van der Waals surface area contributed by atoms with E-state index in [1.54, 1.807) is 51.4 Å². The molecule has 1 unspecified atom stereocenters. The fraction of sp³-hybridized carbons (Fsp3) is 1.00. The van der Waals surface area contributed by atoms with Gasteiger partial charge in [-0.2, -0.15) is 0 Å². The molecule has 0 aliphatic heterocycles. The molecule has 0 aromatic carbocycles. The Balaban J connectivity index is 0.00000225. The van der Waals surface area contributed by atoms with E-state index in [4.69, 9.17) is 0 Å². The van der Waals surface area contributed by atoms with Crippen molar-refractivity contribution in [2.45, 2.75) is 126 Å². The van der Waals surface area contributed by atoms with Crippen LogP contribution < -0.4 is 0 Å². The van der Waals surface area contributed by atoms with Crippen LogP contribution in [-0.4, -0.2) is 0 Å².